The van der Waals surface area contributed by atoms with E-state index in [1.54, 1.807) is 0 Å². The minimum Gasteiger partial charge on any atom is -0.377 e. The van der Waals surface area contributed by atoms with Crippen LogP contribution in [0.25, 0.3) is 0 Å². The van der Waals surface area contributed by atoms with Crippen molar-refractivity contribution in [2.45, 2.75) is 76.5 Å². The third-order valence-corrected chi connectivity index (χ3v) is 4.90. The molecule has 0 bridgehead atoms. The summed E-state index contributed by atoms with van der Waals surface area (Å²) in [6, 6.07) is 0.260. The van der Waals surface area contributed by atoms with Crippen molar-refractivity contribution in [1.82, 2.24) is 10.3 Å². The van der Waals surface area contributed by atoms with Crippen LogP contribution in [0, 0.1) is 0 Å². The van der Waals surface area contributed by atoms with Gasteiger partial charge in [0.15, 0.2) is 0 Å². The number of hydrogen-bond acceptors (Lipinski definition) is 4. The van der Waals surface area contributed by atoms with E-state index in [0.29, 0.717) is 0 Å². The first-order valence-corrected chi connectivity index (χ1v) is 8.02. The molecular formula is C15H31N3O. The molecule has 4 nitrogen and oxygen atoms in total. The molecule has 0 spiro atoms. The summed E-state index contributed by atoms with van der Waals surface area (Å²) in [4.78, 5) is 2.71. The Hall–Kier alpha value is -0.160. The first-order valence-electron chi connectivity index (χ1n) is 8.02. The monoisotopic (exact) mass is 269 g/mol. The van der Waals surface area contributed by atoms with E-state index in [9.17, 15) is 0 Å². The summed E-state index contributed by atoms with van der Waals surface area (Å²) in [5.41, 5.74) is 3.31. The first kappa shape index (κ1) is 15.2. The molecule has 19 heavy (non-hydrogen) atoms. The Bertz CT molecular complexity index is 258. The number of hydrogen-bond donors (Lipinski definition) is 2. The van der Waals surface area contributed by atoms with Crippen LogP contribution in [-0.2, 0) is 4.74 Å². The molecule has 1 aliphatic heterocycles. The highest BCUT2D eigenvalue weighted by Crippen LogP contribution is 2.39. The van der Waals surface area contributed by atoms with Crippen molar-refractivity contribution in [1.29, 1.82) is 0 Å². The molecule has 1 saturated heterocycles. The van der Waals surface area contributed by atoms with Crippen molar-refractivity contribution in [3.05, 3.63) is 0 Å². The van der Waals surface area contributed by atoms with Crippen molar-refractivity contribution < 1.29 is 4.74 Å². The highest BCUT2D eigenvalue weighted by Gasteiger charge is 2.45. The zero-order valence-electron chi connectivity index (χ0n) is 12.7. The van der Waals surface area contributed by atoms with E-state index < -0.39 is 0 Å². The average Bonchev–Trinajstić information content (AvgIpc) is 2.91. The van der Waals surface area contributed by atoms with Crippen LogP contribution in [0.1, 0.15) is 58.8 Å². The molecule has 4 heteroatoms. The summed E-state index contributed by atoms with van der Waals surface area (Å²) >= 11 is 0. The second-order valence-corrected chi connectivity index (χ2v) is 6.46. The fraction of sp³-hybridized carbons (Fsp3) is 1.00. The van der Waals surface area contributed by atoms with Gasteiger partial charge in [0.25, 0.3) is 0 Å². The van der Waals surface area contributed by atoms with Gasteiger partial charge in [0.05, 0.1) is 18.8 Å². The fourth-order valence-corrected chi connectivity index (χ4v) is 3.86. The lowest BCUT2D eigenvalue weighted by Gasteiger charge is -2.48. The third kappa shape index (κ3) is 3.48. The summed E-state index contributed by atoms with van der Waals surface area (Å²) in [6.07, 6.45) is 9.53. The number of hydrazine groups is 1. The van der Waals surface area contributed by atoms with Crippen LogP contribution >= 0.6 is 0 Å². The Morgan fingerprint density at radius 1 is 1.11 bits per heavy atom. The predicted molar refractivity (Wildman–Crippen MR) is 78.8 cm³/mol. The highest BCUT2D eigenvalue weighted by molar-refractivity contribution is 5.03. The molecular weight excluding hydrogens is 238 g/mol. The summed E-state index contributed by atoms with van der Waals surface area (Å²) in [5.74, 6) is 5.87. The SMILES string of the molecule is CC(C)OCC(NN)C1(N2CCCCC2)CCCC1. The normalized spacial score (nSPS) is 25.9. The van der Waals surface area contributed by atoms with E-state index in [1.165, 1.54) is 58.0 Å². The molecule has 1 unspecified atom stereocenters. The first-order chi connectivity index (χ1) is 9.19. The molecule has 0 aromatic rings. The van der Waals surface area contributed by atoms with Gasteiger partial charge in [-0.2, -0.15) is 0 Å². The summed E-state index contributed by atoms with van der Waals surface area (Å²) in [7, 11) is 0. The number of rotatable bonds is 6. The lowest BCUT2D eigenvalue weighted by Crippen LogP contribution is -2.64. The topological polar surface area (TPSA) is 50.5 Å². The molecule has 0 radical (unpaired) electrons. The van der Waals surface area contributed by atoms with E-state index >= 15 is 0 Å². The lowest BCUT2D eigenvalue weighted by molar-refractivity contribution is -0.0169. The number of ether oxygens (including phenoxy) is 1. The predicted octanol–water partition coefficient (Wildman–Crippen LogP) is 2.04. The van der Waals surface area contributed by atoms with Gasteiger partial charge in [0.2, 0.25) is 0 Å². The number of nitrogens with two attached hydrogens (primary N) is 1. The smallest absolute Gasteiger partial charge is 0.0654 e. The van der Waals surface area contributed by atoms with Crippen molar-refractivity contribution in [2.75, 3.05) is 19.7 Å². The maximum Gasteiger partial charge on any atom is 0.0654 e. The van der Waals surface area contributed by atoms with Crippen LogP contribution in [0.2, 0.25) is 0 Å². The Morgan fingerprint density at radius 2 is 1.74 bits per heavy atom. The maximum absolute atomic E-state index is 5.87. The van der Waals surface area contributed by atoms with Crippen LogP contribution in [-0.4, -0.2) is 42.3 Å². The molecule has 2 aliphatic rings. The molecule has 2 rings (SSSR count). The molecule has 0 aromatic heterocycles. The Labute approximate surface area is 118 Å². The Balaban J connectivity index is 2.06. The summed E-state index contributed by atoms with van der Waals surface area (Å²) < 4.78 is 5.85. The zero-order chi connectivity index (χ0) is 13.7. The summed E-state index contributed by atoms with van der Waals surface area (Å²) in [5, 5.41) is 0. The molecule has 3 N–H and O–H groups in total. The van der Waals surface area contributed by atoms with Gasteiger partial charge in [-0.3, -0.25) is 16.2 Å². The largest absolute Gasteiger partial charge is 0.377 e. The van der Waals surface area contributed by atoms with Gasteiger partial charge in [-0.1, -0.05) is 19.3 Å². The maximum atomic E-state index is 5.87. The lowest BCUT2D eigenvalue weighted by atomic mass is 9.85. The van der Waals surface area contributed by atoms with Gasteiger partial charge in [0, 0.05) is 5.54 Å². The standard InChI is InChI=1S/C15H31N3O/c1-13(2)19-12-14(17-16)15(8-4-5-9-15)18-10-6-3-7-11-18/h13-14,17H,3-12,16H2,1-2H3. The van der Waals surface area contributed by atoms with Crippen molar-refractivity contribution in [3.8, 4) is 0 Å². The van der Waals surface area contributed by atoms with E-state index in [1.807, 2.05) is 0 Å². The van der Waals surface area contributed by atoms with Crippen molar-refractivity contribution in [3.63, 3.8) is 0 Å². The van der Waals surface area contributed by atoms with Crippen LogP contribution in [0.3, 0.4) is 0 Å². The second-order valence-electron chi connectivity index (χ2n) is 6.46. The molecule has 2 fully saturated rings. The van der Waals surface area contributed by atoms with E-state index in [-0.39, 0.29) is 17.7 Å². The van der Waals surface area contributed by atoms with Gasteiger partial charge in [0.1, 0.15) is 0 Å². The van der Waals surface area contributed by atoms with E-state index in [0.717, 1.165) is 6.61 Å². The molecule has 1 atom stereocenters. The minimum absolute atomic E-state index is 0.240. The minimum atomic E-state index is 0.240. The van der Waals surface area contributed by atoms with Crippen molar-refractivity contribution in [2.24, 2.45) is 5.84 Å². The number of piperidine rings is 1. The number of likely N-dealkylation sites (tertiary alicyclic amines) is 1. The Kier molecular flexibility index (Phi) is 5.63. The third-order valence-electron chi connectivity index (χ3n) is 4.90. The van der Waals surface area contributed by atoms with Gasteiger partial charge in [-0.15, -0.1) is 0 Å². The van der Waals surface area contributed by atoms with Crippen LogP contribution in [0.5, 0.6) is 0 Å². The molecule has 0 amide bonds. The Morgan fingerprint density at radius 3 is 2.26 bits per heavy atom. The average molecular weight is 269 g/mol. The quantitative estimate of drug-likeness (QED) is 0.572. The molecule has 1 aliphatic carbocycles. The highest BCUT2D eigenvalue weighted by atomic mass is 16.5. The molecule has 112 valence electrons. The van der Waals surface area contributed by atoms with Crippen molar-refractivity contribution >= 4 is 0 Å². The van der Waals surface area contributed by atoms with Crippen LogP contribution < -0.4 is 11.3 Å². The zero-order valence-corrected chi connectivity index (χ0v) is 12.7. The van der Waals surface area contributed by atoms with Crippen LogP contribution in [0.4, 0.5) is 0 Å². The van der Waals surface area contributed by atoms with Gasteiger partial charge >= 0.3 is 0 Å². The van der Waals surface area contributed by atoms with E-state index in [4.69, 9.17) is 10.6 Å². The van der Waals surface area contributed by atoms with Gasteiger partial charge in [-0.05, 0) is 52.6 Å². The number of nitrogens with zero attached hydrogens (tertiary/aromatic N) is 1. The number of nitrogens with one attached hydrogen (secondary N) is 1. The van der Waals surface area contributed by atoms with Crippen LogP contribution in [0.15, 0.2) is 0 Å². The van der Waals surface area contributed by atoms with E-state index in [2.05, 4.69) is 24.2 Å². The summed E-state index contributed by atoms with van der Waals surface area (Å²) in [6.45, 7) is 7.38. The van der Waals surface area contributed by atoms with Gasteiger partial charge < -0.3 is 4.74 Å². The van der Waals surface area contributed by atoms with Gasteiger partial charge in [-0.25, -0.2) is 0 Å². The fourth-order valence-electron chi connectivity index (χ4n) is 3.86. The second kappa shape index (κ2) is 7.02. The molecule has 1 saturated carbocycles. The molecule has 0 aromatic carbocycles. The molecule has 1 heterocycles.